The highest BCUT2D eigenvalue weighted by atomic mass is 19.1. The van der Waals surface area contributed by atoms with Crippen molar-refractivity contribution in [1.82, 2.24) is 0 Å². The average Bonchev–Trinajstić information content (AvgIpc) is 2.59. The average molecular weight is 291 g/mol. The minimum absolute atomic E-state index is 0.411. The number of benzene rings is 1. The second-order valence-electron chi connectivity index (χ2n) is 6.60. The molecule has 0 saturated carbocycles. The van der Waals surface area contributed by atoms with Gasteiger partial charge in [0.15, 0.2) is 0 Å². The van der Waals surface area contributed by atoms with Crippen LogP contribution in [-0.4, -0.2) is 32.4 Å². The highest BCUT2D eigenvalue weighted by Gasteiger charge is 2.52. The van der Waals surface area contributed by atoms with Crippen LogP contribution in [0.1, 0.15) is 33.3 Å². The molecular weight excluding hydrogens is 268 g/mol. The van der Waals surface area contributed by atoms with Gasteiger partial charge in [0.2, 0.25) is 0 Å². The third-order valence-electron chi connectivity index (χ3n) is 4.19. The van der Waals surface area contributed by atoms with Crippen LogP contribution in [0.3, 0.4) is 0 Å². The summed E-state index contributed by atoms with van der Waals surface area (Å²) >= 11 is 0. The van der Waals surface area contributed by atoms with E-state index in [-0.39, 0.29) is 0 Å². The van der Waals surface area contributed by atoms with Gasteiger partial charge in [-0.05, 0) is 51.5 Å². The molecule has 2 rings (SSSR count). The Morgan fingerprint density at radius 1 is 1.05 bits per heavy atom. The molecule has 0 aliphatic carbocycles. The molecule has 1 aliphatic heterocycles. The molecule has 0 bridgehead atoms. The Morgan fingerprint density at radius 3 is 1.95 bits per heavy atom. The lowest BCUT2D eigenvalue weighted by Gasteiger charge is -2.32. The van der Waals surface area contributed by atoms with Crippen LogP contribution in [0, 0.1) is 0 Å². The molecule has 1 aromatic carbocycles. The predicted molar refractivity (Wildman–Crippen MR) is 85.9 cm³/mol. The molecule has 0 spiro atoms. The van der Waals surface area contributed by atoms with E-state index in [1.807, 2.05) is 71.0 Å². The van der Waals surface area contributed by atoms with Crippen LogP contribution in [0.4, 0.5) is 10.1 Å². The molecule has 3 nitrogen and oxygen atoms in total. The standard InChI is InChI=1S/C16H23BFNO2/c1-15(2)16(3,4)21-17(20-15)14(18)11-12-7-9-13(10-8-12)19(5)6/h7-11H,1-6H3. The largest absolute Gasteiger partial charge is 0.525 e. The second-order valence-corrected chi connectivity index (χ2v) is 6.60. The van der Waals surface area contributed by atoms with Crippen LogP contribution >= 0.6 is 0 Å². The summed E-state index contributed by atoms with van der Waals surface area (Å²) in [4.78, 5) is 2.00. The second kappa shape index (κ2) is 5.46. The Bertz CT molecular complexity index is 522. The van der Waals surface area contributed by atoms with Gasteiger partial charge in [-0.2, -0.15) is 0 Å². The van der Waals surface area contributed by atoms with Crippen molar-refractivity contribution in [2.45, 2.75) is 38.9 Å². The molecule has 21 heavy (non-hydrogen) atoms. The Kier molecular flexibility index (Phi) is 4.18. The molecular formula is C16H23BFNO2. The zero-order valence-electron chi connectivity index (χ0n) is 13.6. The topological polar surface area (TPSA) is 21.7 Å². The van der Waals surface area contributed by atoms with Crippen LogP contribution in [0.15, 0.2) is 30.0 Å². The van der Waals surface area contributed by atoms with Crippen LogP contribution in [0.5, 0.6) is 0 Å². The monoisotopic (exact) mass is 291 g/mol. The Labute approximate surface area is 126 Å². The SMILES string of the molecule is CN(C)c1ccc(C=C(F)B2OC(C)(C)C(C)(C)O2)cc1. The van der Waals surface area contributed by atoms with Crippen molar-refractivity contribution in [3.05, 3.63) is 35.6 Å². The van der Waals surface area contributed by atoms with Gasteiger partial charge >= 0.3 is 7.12 Å². The fraction of sp³-hybridized carbons (Fsp3) is 0.500. The quantitative estimate of drug-likeness (QED) is 0.793. The Morgan fingerprint density at radius 2 is 1.52 bits per heavy atom. The van der Waals surface area contributed by atoms with E-state index < -0.39 is 24.0 Å². The molecule has 114 valence electrons. The highest BCUT2D eigenvalue weighted by molar-refractivity contribution is 6.54. The van der Waals surface area contributed by atoms with E-state index in [0.29, 0.717) is 0 Å². The van der Waals surface area contributed by atoms with Gasteiger partial charge in [0.1, 0.15) is 5.73 Å². The third kappa shape index (κ3) is 3.30. The van der Waals surface area contributed by atoms with Gasteiger partial charge in [0.05, 0.1) is 11.2 Å². The van der Waals surface area contributed by atoms with Crippen LogP contribution in [0.25, 0.3) is 6.08 Å². The molecule has 0 atom stereocenters. The summed E-state index contributed by atoms with van der Waals surface area (Å²) in [6.45, 7) is 7.64. The zero-order valence-corrected chi connectivity index (χ0v) is 13.6. The number of hydrogen-bond donors (Lipinski definition) is 0. The Hall–Kier alpha value is -1.33. The lowest BCUT2D eigenvalue weighted by Crippen LogP contribution is -2.41. The van der Waals surface area contributed by atoms with Crippen molar-refractivity contribution in [2.75, 3.05) is 19.0 Å². The van der Waals surface area contributed by atoms with Crippen molar-refractivity contribution >= 4 is 18.9 Å². The predicted octanol–water partition coefficient (Wildman–Crippen LogP) is 3.69. The first kappa shape index (κ1) is 16.1. The summed E-state index contributed by atoms with van der Waals surface area (Å²) in [7, 11) is 2.99. The summed E-state index contributed by atoms with van der Waals surface area (Å²) < 4.78 is 25.7. The van der Waals surface area contributed by atoms with Gasteiger partial charge < -0.3 is 14.2 Å². The lowest BCUT2D eigenvalue weighted by atomic mass is 9.87. The summed E-state index contributed by atoms with van der Waals surface area (Å²) in [5.74, 6) is 0. The molecule has 1 aliphatic rings. The van der Waals surface area contributed by atoms with E-state index in [4.69, 9.17) is 9.31 Å². The van der Waals surface area contributed by atoms with Crippen LogP contribution in [-0.2, 0) is 9.31 Å². The van der Waals surface area contributed by atoms with Gasteiger partial charge in [-0.25, -0.2) is 4.39 Å². The minimum Gasteiger partial charge on any atom is -0.398 e. The normalized spacial score (nSPS) is 20.7. The number of rotatable bonds is 3. The fourth-order valence-corrected chi connectivity index (χ4v) is 2.05. The molecule has 1 fully saturated rings. The van der Waals surface area contributed by atoms with E-state index in [1.165, 1.54) is 6.08 Å². The molecule has 1 aromatic rings. The molecule has 0 aromatic heterocycles. The summed E-state index contributed by atoms with van der Waals surface area (Å²) in [6.07, 6.45) is 1.46. The van der Waals surface area contributed by atoms with Gasteiger partial charge in [-0.1, -0.05) is 12.1 Å². The van der Waals surface area contributed by atoms with E-state index in [1.54, 1.807) is 0 Å². The highest BCUT2D eigenvalue weighted by Crippen LogP contribution is 2.39. The van der Waals surface area contributed by atoms with Crippen molar-refractivity contribution in [1.29, 1.82) is 0 Å². The molecule has 0 amide bonds. The third-order valence-corrected chi connectivity index (χ3v) is 4.19. The van der Waals surface area contributed by atoms with E-state index in [2.05, 4.69) is 0 Å². The van der Waals surface area contributed by atoms with Crippen molar-refractivity contribution in [2.24, 2.45) is 0 Å². The van der Waals surface area contributed by atoms with E-state index in [0.717, 1.165) is 11.3 Å². The Balaban J connectivity index is 2.15. The molecule has 5 heteroatoms. The summed E-state index contributed by atoms with van der Waals surface area (Å²) in [6, 6.07) is 7.65. The molecule has 1 heterocycles. The van der Waals surface area contributed by atoms with Crippen LogP contribution < -0.4 is 4.90 Å². The first-order valence-corrected chi connectivity index (χ1v) is 7.12. The maximum Gasteiger partial charge on any atom is 0.525 e. The van der Waals surface area contributed by atoms with E-state index in [9.17, 15) is 4.39 Å². The maximum atomic E-state index is 14.3. The maximum absolute atomic E-state index is 14.3. The summed E-state index contributed by atoms with van der Waals surface area (Å²) in [5.41, 5.74) is 0.386. The van der Waals surface area contributed by atoms with E-state index >= 15 is 0 Å². The van der Waals surface area contributed by atoms with Crippen LogP contribution in [0.2, 0.25) is 0 Å². The molecule has 0 unspecified atom stereocenters. The molecule has 1 saturated heterocycles. The number of anilines is 1. The van der Waals surface area contributed by atoms with Crippen molar-refractivity contribution < 1.29 is 13.7 Å². The van der Waals surface area contributed by atoms with Gasteiger partial charge in [-0.3, -0.25) is 0 Å². The number of nitrogens with zero attached hydrogens (tertiary/aromatic N) is 1. The molecule has 0 N–H and O–H groups in total. The van der Waals surface area contributed by atoms with Crippen molar-refractivity contribution in [3.63, 3.8) is 0 Å². The molecule has 0 radical (unpaired) electrons. The fourth-order valence-electron chi connectivity index (χ4n) is 2.05. The summed E-state index contributed by atoms with van der Waals surface area (Å²) in [5, 5.41) is 0. The first-order valence-electron chi connectivity index (χ1n) is 7.12. The smallest absolute Gasteiger partial charge is 0.398 e. The van der Waals surface area contributed by atoms with Crippen molar-refractivity contribution in [3.8, 4) is 0 Å². The van der Waals surface area contributed by atoms with Gasteiger partial charge in [0.25, 0.3) is 0 Å². The van der Waals surface area contributed by atoms with Gasteiger partial charge in [0, 0.05) is 19.8 Å². The van der Waals surface area contributed by atoms with Gasteiger partial charge in [-0.15, -0.1) is 0 Å². The lowest BCUT2D eigenvalue weighted by molar-refractivity contribution is 0.00578. The first-order chi connectivity index (χ1) is 9.62. The number of hydrogen-bond acceptors (Lipinski definition) is 3. The minimum atomic E-state index is -0.941. The number of halogens is 1. The zero-order chi connectivity index (χ0) is 15.8.